The molecule has 0 saturated carbocycles. The van der Waals surface area contributed by atoms with Crippen LogP contribution in [0.1, 0.15) is 11.3 Å². The first-order chi connectivity index (χ1) is 10.1. The number of halogens is 1. The number of aromatic nitrogens is 2. The largest absolute Gasteiger partial charge is 0.383 e. The molecule has 110 valence electrons. The first-order valence-electron chi connectivity index (χ1n) is 6.43. The summed E-state index contributed by atoms with van der Waals surface area (Å²) >= 11 is 6.16. The van der Waals surface area contributed by atoms with E-state index >= 15 is 0 Å². The van der Waals surface area contributed by atoms with Crippen LogP contribution in [0.15, 0.2) is 30.5 Å². The smallest absolute Gasteiger partial charge is 0.267 e. The summed E-state index contributed by atoms with van der Waals surface area (Å²) < 4.78 is 6.51. The Balaban J connectivity index is 2.15. The summed E-state index contributed by atoms with van der Waals surface area (Å²) in [6, 6.07) is 6.97. The number of carbonyl (C=O) groups is 1. The van der Waals surface area contributed by atoms with Crippen molar-refractivity contribution in [3.8, 4) is 0 Å². The molecule has 1 aliphatic heterocycles. The quantitative estimate of drug-likeness (QED) is 0.894. The standard InChI is InChI=1S/C14H14ClN3O3/c1-21-7-6-18-12(10(15)8-16-18)14(20)9-4-2-3-5-11(9)17-13(14)19/h2-5,8,20H,6-7H2,1H3,(H,17,19). The molecule has 2 heterocycles. The monoisotopic (exact) mass is 307 g/mol. The van der Waals surface area contributed by atoms with Crippen LogP contribution in [0.2, 0.25) is 5.02 Å². The van der Waals surface area contributed by atoms with Gasteiger partial charge in [0.1, 0.15) is 5.69 Å². The average Bonchev–Trinajstić information content (AvgIpc) is 2.97. The molecule has 21 heavy (non-hydrogen) atoms. The van der Waals surface area contributed by atoms with Crippen molar-refractivity contribution in [3.63, 3.8) is 0 Å². The van der Waals surface area contributed by atoms with E-state index in [0.29, 0.717) is 24.4 Å². The Bertz CT molecular complexity index is 701. The number of nitrogens with zero attached hydrogens (tertiary/aromatic N) is 2. The lowest BCUT2D eigenvalue weighted by Crippen LogP contribution is -2.38. The molecule has 3 rings (SSSR count). The Morgan fingerprint density at radius 1 is 1.48 bits per heavy atom. The van der Waals surface area contributed by atoms with Crippen molar-refractivity contribution in [2.24, 2.45) is 0 Å². The van der Waals surface area contributed by atoms with Gasteiger partial charge < -0.3 is 15.2 Å². The van der Waals surface area contributed by atoms with Gasteiger partial charge in [-0.05, 0) is 6.07 Å². The van der Waals surface area contributed by atoms with Crippen LogP contribution in [-0.2, 0) is 21.7 Å². The minimum Gasteiger partial charge on any atom is -0.383 e. The van der Waals surface area contributed by atoms with E-state index in [1.165, 1.54) is 10.9 Å². The number of methoxy groups -OCH3 is 1. The summed E-state index contributed by atoms with van der Waals surface area (Å²) in [6.07, 6.45) is 1.42. The maximum atomic E-state index is 12.3. The van der Waals surface area contributed by atoms with E-state index in [4.69, 9.17) is 16.3 Å². The number of nitrogens with one attached hydrogen (secondary N) is 1. The number of hydrogen-bond acceptors (Lipinski definition) is 4. The molecule has 0 saturated heterocycles. The van der Waals surface area contributed by atoms with Gasteiger partial charge in [0.25, 0.3) is 5.91 Å². The van der Waals surface area contributed by atoms with Crippen LogP contribution in [0, 0.1) is 0 Å². The van der Waals surface area contributed by atoms with Gasteiger partial charge in [0.05, 0.1) is 24.4 Å². The highest BCUT2D eigenvalue weighted by molar-refractivity contribution is 6.31. The molecule has 2 N–H and O–H groups in total. The van der Waals surface area contributed by atoms with Crippen LogP contribution in [0.3, 0.4) is 0 Å². The molecular weight excluding hydrogens is 294 g/mol. The molecule has 2 aromatic rings. The van der Waals surface area contributed by atoms with E-state index in [9.17, 15) is 9.90 Å². The molecule has 0 radical (unpaired) electrons. The van der Waals surface area contributed by atoms with Crippen LogP contribution in [0.4, 0.5) is 5.69 Å². The molecule has 0 bridgehead atoms. The predicted molar refractivity (Wildman–Crippen MR) is 77.2 cm³/mol. The van der Waals surface area contributed by atoms with Gasteiger partial charge in [-0.15, -0.1) is 0 Å². The van der Waals surface area contributed by atoms with Crippen molar-refractivity contribution < 1.29 is 14.6 Å². The van der Waals surface area contributed by atoms with Crippen LogP contribution < -0.4 is 5.32 Å². The summed E-state index contributed by atoms with van der Waals surface area (Å²) in [5.74, 6) is -0.537. The molecule has 0 fully saturated rings. The lowest BCUT2D eigenvalue weighted by molar-refractivity contribution is -0.130. The van der Waals surface area contributed by atoms with Gasteiger partial charge in [0, 0.05) is 18.4 Å². The molecule has 1 aliphatic rings. The van der Waals surface area contributed by atoms with E-state index in [2.05, 4.69) is 10.4 Å². The van der Waals surface area contributed by atoms with Crippen molar-refractivity contribution in [1.82, 2.24) is 9.78 Å². The number of carbonyl (C=O) groups excluding carboxylic acids is 1. The fourth-order valence-electron chi connectivity index (χ4n) is 2.55. The lowest BCUT2D eigenvalue weighted by Gasteiger charge is -2.22. The number of anilines is 1. The van der Waals surface area contributed by atoms with Crippen molar-refractivity contribution in [2.75, 3.05) is 19.0 Å². The third-order valence-corrected chi connectivity index (χ3v) is 3.81. The number of ether oxygens (including phenoxy) is 1. The summed E-state index contributed by atoms with van der Waals surface area (Å²) in [7, 11) is 1.57. The van der Waals surface area contributed by atoms with Crippen LogP contribution in [-0.4, -0.2) is 34.5 Å². The molecule has 1 atom stereocenters. The fraction of sp³-hybridized carbons (Fsp3) is 0.286. The maximum Gasteiger partial charge on any atom is 0.267 e. The first-order valence-corrected chi connectivity index (χ1v) is 6.81. The Kier molecular flexibility index (Phi) is 3.44. The minimum absolute atomic E-state index is 0.237. The fourth-order valence-corrected chi connectivity index (χ4v) is 2.83. The Labute approximate surface area is 126 Å². The highest BCUT2D eigenvalue weighted by Crippen LogP contribution is 2.42. The Morgan fingerprint density at radius 2 is 2.24 bits per heavy atom. The molecular formula is C14H14ClN3O3. The predicted octanol–water partition coefficient (Wildman–Crippen LogP) is 1.37. The molecule has 1 unspecified atom stereocenters. The highest BCUT2D eigenvalue weighted by atomic mass is 35.5. The van der Waals surface area contributed by atoms with E-state index in [1.807, 2.05) is 0 Å². The summed E-state index contributed by atoms with van der Waals surface area (Å²) in [5.41, 5.74) is -0.557. The normalized spacial score (nSPS) is 20.4. The Hall–Kier alpha value is -1.89. The summed E-state index contributed by atoms with van der Waals surface area (Å²) in [6.45, 7) is 0.778. The van der Waals surface area contributed by atoms with Crippen molar-refractivity contribution in [3.05, 3.63) is 46.7 Å². The number of fused-ring (bicyclic) bond motifs is 1. The van der Waals surface area contributed by atoms with Crippen molar-refractivity contribution >= 4 is 23.2 Å². The number of amides is 1. The second-order valence-electron chi connectivity index (χ2n) is 4.77. The summed E-state index contributed by atoms with van der Waals surface area (Å²) in [4.78, 5) is 12.3. The first kappa shape index (κ1) is 14.1. The van der Waals surface area contributed by atoms with E-state index in [0.717, 1.165) is 0 Å². The second-order valence-corrected chi connectivity index (χ2v) is 5.17. The zero-order valence-corrected chi connectivity index (χ0v) is 12.1. The number of aliphatic hydroxyl groups is 1. The molecule has 6 nitrogen and oxygen atoms in total. The number of para-hydroxylation sites is 1. The van der Waals surface area contributed by atoms with Gasteiger partial charge in [-0.25, -0.2) is 0 Å². The number of rotatable bonds is 4. The van der Waals surface area contributed by atoms with Gasteiger partial charge in [-0.3, -0.25) is 9.48 Å². The third-order valence-electron chi connectivity index (χ3n) is 3.54. The zero-order valence-electron chi connectivity index (χ0n) is 11.3. The number of benzene rings is 1. The summed E-state index contributed by atoms with van der Waals surface area (Å²) in [5, 5.41) is 18.1. The van der Waals surface area contributed by atoms with Gasteiger partial charge in [-0.2, -0.15) is 5.10 Å². The lowest BCUT2D eigenvalue weighted by atomic mass is 9.91. The topological polar surface area (TPSA) is 76.4 Å². The molecule has 0 spiro atoms. The highest BCUT2D eigenvalue weighted by Gasteiger charge is 2.50. The van der Waals surface area contributed by atoms with Crippen LogP contribution in [0.5, 0.6) is 0 Å². The van der Waals surface area contributed by atoms with Gasteiger partial charge >= 0.3 is 0 Å². The van der Waals surface area contributed by atoms with Gasteiger partial charge in [0.15, 0.2) is 0 Å². The molecule has 1 aromatic carbocycles. The Morgan fingerprint density at radius 3 is 3.00 bits per heavy atom. The minimum atomic E-state index is -1.85. The third kappa shape index (κ3) is 2.03. The molecule has 7 heteroatoms. The van der Waals surface area contributed by atoms with E-state index < -0.39 is 11.5 Å². The number of hydrogen-bond donors (Lipinski definition) is 2. The second kappa shape index (κ2) is 5.14. The van der Waals surface area contributed by atoms with E-state index in [1.54, 1.807) is 31.4 Å². The molecule has 0 aliphatic carbocycles. The molecule has 1 amide bonds. The SMILES string of the molecule is COCCn1ncc(Cl)c1C1(O)C(=O)Nc2ccccc21. The van der Waals surface area contributed by atoms with Crippen molar-refractivity contribution in [1.29, 1.82) is 0 Å². The maximum absolute atomic E-state index is 12.3. The van der Waals surface area contributed by atoms with Gasteiger partial charge in [0.2, 0.25) is 5.60 Å². The van der Waals surface area contributed by atoms with Crippen LogP contribution in [0.25, 0.3) is 0 Å². The van der Waals surface area contributed by atoms with Crippen LogP contribution >= 0.6 is 11.6 Å². The zero-order chi connectivity index (χ0) is 15.0. The average molecular weight is 308 g/mol. The molecule has 1 aromatic heterocycles. The van der Waals surface area contributed by atoms with E-state index in [-0.39, 0.29) is 10.7 Å². The van der Waals surface area contributed by atoms with Gasteiger partial charge in [-0.1, -0.05) is 29.8 Å². The van der Waals surface area contributed by atoms with Crippen molar-refractivity contribution in [2.45, 2.75) is 12.1 Å².